The molecule has 0 radical (unpaired) electrons. The number of fused-ring (bicyclic) bond motifs is 2. The van der Waals surface area contributed by atoms with Crippen molar-refractivity contribution in [2.24, 2.45) is 9.98 Å². The number of benzene rings is 4. The van der Waals surface area contributed by atoms with Crippen LogP contribution < -0.4 is 0 Å². The van der Waals surface area contributed by atoms with E-state index in [4.69, 9.17) is 10.6 Å². The number of para-hydroxylation sites is 4. The topological polar surface area (TPSA) is 139 Å². The minimum atomic E-state index is -0.446. The van der Waals surface area contributed by atoms with E-state index in [0.717, 1.165) is 5.56 Å². The summed E-state index contributed by atoms with van der Waals surface area (Å²) in [6, 6.07) is 27.0. The molecule has 5 rings (SSSR count). The minimum Gasteiger partial charge on any atom is -0.676 e. The molecule has 0 fully saturated rings. The number of hydrogen-bond acceptors (Lipinski definition) is 6. The molecule has 0 amide bonds. The maximum absolute atomic E-state index is 11.1. The Morgan fingerprint density at radius 2 is 1.27 bits per heavy atom. The van der Waals surface area contributed by atoms with Crippen LogP contribution in [-0.2, 0) is 16.5 Å². The summed E-state index contributed by atoms with van der Waals surface area (Å²) in [5, 5.41) is 32.1. The van der Waals surface area contributed by atoms with Crippen molar-refractivity contribution in [1.82, 2.24) is 0 Å². The van der Waals surface area contributed by atoms with E-state index < -0.39 is 9.85 Å². The number of hydrogen-bond donors (Lipinski definition) is 0. The second kappa shape index (κ2) is 13.3. The molecule has 0 spiro atoms. The van der Waals surface area contributed by atoms with Gasteiger partial charge in [-0.1, -0.05) is 66.2 Å². The molecular weight excluding hydrogens is 567 g/mol. The molecular formula is C30H22N6NiO4. The fourth-order valence-electron chi connectivity index (χ4n) is 4.12. The molecule has 4 aromatic rings. The molecule has 0 saturated carbocycles. The monoisotopic (exact) mass is 588 g/mol. The normalized spacial score (nSPS) is 15.8. The zero-order valence-corrected chi connectivity index (χ0v) is 22.4. The number of nitrogens with zero attached hydrogens (tertiary/aromatic N) is 6. The first-order chi connectivity index (χ1) is 19.5. The van der Waals surface area contributed by atoms with Crippen LogP contribution in [0.2, 0.25) is 0 Å². The quantitative estimate of drug-likeness (QED) is 0.133. The molecule has 0 bridgehead atoms. The van der Waals surface area contributed by atoms with E-state index in [0.29, 0.717) is 40.4 Å². The van der Waals surface area contributed by atoms with Gasteiger partial charge in [0.15, 0.2) is 0 Å². The van der Waals surface area contributed by atoms with E-state index >= 15 is 0 Å². The summed E-state index contributed by atoms with van der Waals surface area (Å²) in [6.45, 7) is 0. The van der Waals surface area contributed by atoms with Gasteiger partial charge >= 0.3 is 16.5 Å². The molecule has 0 N–H and O–H groups in total. The number of allylic oxidation sites excluding steroid dienone is 1. The standard InChI is InChI=1S/C30H22N6O4.Ni/c37-35(38)23-13-9-21(10-14-23)25-18-20-32-28-6-2-4-8-30(28)34-26(22-11-15-24(16-12-22)36(39)40)17-19-31-27-5-1-3-7-29(27)33-25;/h1-17,19-20,25H,18H2;/q-2;+2/b26-17+,31-19?,32-20?;. The predicted octanol–water partition coefficient (Wildman–Crippen LogP) is 8.80. The Bertz CT molecular complexity index is 1640. The maximum Gasteiger partial charge on any atom is 2.00 e. The Morgan fingerprint density at radius 3 is 1.90 bits per heavy atom. The smallest absolute Gasteiger partial charge is 0.676 e. The van der Waals surface area contributed by atoms with Crippen molar-refractivity contribution in [3.63, 3.8) is 0 Å². The summed E-state index contributed by atoms with van der Waals surface area (Å²) < 4.78 is 0. The first kappa shape index (κ1) is 28.9. The second-order valence-corrected chi connectivity index (χ2v) is 8.76. The van der Waals surface area contributed by atoms with Gasteiger partial charge < -0.3 is 10.6 Å². The van der Waals surface area contributed by atoms with Gasteiger partial charge in [0, 0.05) is 48.1 Å². The number of rotatable bonds is 4. The zero-order chi connectivity index (χ0) is 27.9. The second-order valence-electron chi connectivity index (χ2n) is 8.76. The van der Waals surface area contributed by atoms with Gasteiger partial charge in [0.2, 0.25) is 0 Å². The van der Waals surface area contributed by atoms with E-state index in [1.807, 2.05) is 48.5 Å². The summed E-state index contributed by atoms with van der Waals surface area (Å²) in [6.07, 6.45) is 5.54. The van der Waals surface area contributed by atoms with Crippen molar-refractivity contribution in [1.29, 1.82) is 0 Å². The van der Waals surface area contributed by atoms with Crippen LogP contribution in [0.4, 0.5) is 34.1 Å². The van der Waals surface area contributed by atoms with Gasteiger partial charge in [-0.2, -0.15) is 0 Å². The third-order valence-corrected chi connectivity index (χ3v) is 6.17. The summed E-state index contributed by atoms with van der Waals surface area (Å²) in [5.74, 6) is 0. The van der Waals surface area contributed by atoms with E-state index in [1.165, 1.54) is 24.3 Å². The van der Waals surface area contributed by atoms with Crippen LogP contribution >= 0.6 is 0 Å². The van der Waals surface area contributed by atoms with Gasteiger partial charge in [-0.25, -0.2) is 0 Å². The van der Waals surface area contributed by atoms with Crippen molar-refractivity contribution < 1.29 is 26.3 Å². The maximum atomic E-state index is 11.1. The average Bonchev–Trinajstić information content (AvgIpc) is 2.97. The molecule has 1 atom stereocenters. The van der Waals surface area contributed by atoms with Crippen LogP contribution in [0.3, 0.4) is 0 Å². The number of nitro benzene ring substituents is 2. The molecule has 41 heavy (non-hydrogen) atoms. The fourth-order valence-corrected chi connectivity index (χ4v) is 4.12. The fraction of sp³-hybridized carbons (Fsp3) is 0.0667. The molecule has 1 aliphatic heterocycles. The van der Waals surface area contributed by atoms with Crippen molar-refractivity contribution in [2.45, 2.75) is 12.5 Å². The summed E-state index contributed by atoms with van der Waals surface area (Å²) in [5.41, 5.74) is 4.55. The van der Waals surface area contributed by atoms with Crippen LogP contribution in [0.15, 0.2) is 113 Å². The molecule has 0 aliphatic carbocycles. The van der Waals surface area contributed by atoms with Gasteiger partial charge in [-0.05, 0) is 36.2 Å². The summed E-state index contributed by atoms with van der Waals surface area (Å²) in [4.78, 5) is 30.7. The summed E-state index contributed by atoms with van der Waals surface area (Å²) >= 11 is 0. The SMILES string of the molecule is O=[N+]([O-])c1ccc(/C2=C\C=Nc3ccccc3[N-]C(c3ccc([N+](=O)[O-])cc3)CC=Nc3ccccc3[N-]2)cc1.[Ni+2]. The van der Waals surface area contributed by atoms with Gasteiger partial charge in [0.25, 0.3) is 11.4 Å². The van der Waals surface area contributed by atoms with E-state index in [9.17, 15) is 20.2 Å². The van der Waals surface area contributed by atoms with Crippen LogP contribution in [0.1, 0.15) is 23.6 Å². The van der Waals surface area contributed by atoms with E-state index in [2.05, 4.69) is 9.98 Å². The van der Waals surface area contributed by atoms with E-state index in [-0.39, 0.29) is 33.9 Å². The summed E-state index contributed by atoms with van der Waals surface area (Å²) in [7, 11) is 0. The third-order valence-electron chi connectivity index (χ3n) is 6.17. The largest absolute Gasteiger partial charge is 2.00 e. The first-order valence-corrected chi connectivity index (χ1v) is 12.3. The number of nitro groups is 2. The van der Waals surface area contributed by atoms with Crippen molar-refractivity contribution in [3.8, 4) is 0 Å². The number of non-ortho nitro benzene ring substituents is 2. The van der Waals surface area contributed by atoms with Gasteiger partial charge in [0.05, 0.1) is 9.85 Å². The molecule has 1 heterocycles. The molecule has 4 aromatic carbocycles. The molecule has 10 nitrogen and oxygen atoms in total. The Morgan fingerprint density at radius 1 is 0.707 bits per heavy atom. The molecule has 1 unspecified atom stereocenters. The van der Waals surface area contributed by atoms with Crippen molar-refractivity contribution >= 4 is 52.3 Å². The van der Waals surface area contributed by atoms with Crippen LogP contribution in [-0.4, -0.2) is 22.3 Å². The minimum absolute atomic E-state index is 0. The van der Waals surface area contributed by atoms with E-state index in [1.54, 1.807) is 42.8 Å². The average molecular weight is 589 g/mol. The van der Waals surface area contributed by atoms with Crippen molar-refractivity contribution in [3.05, 3.63) is 145 Å². The number of aliphatic imine (C=N–C) groups is 2. The zero-order valence-electron chi connectivity index (χ0n) is 21.4. The molecule has 1 aliphatic rings. The Labute approximate surface area is 245 Å². The van der Waals surface area contributed by atoms with Crippen LogP contribution in [0.5, 0.6) is 0 Å². The molecule has 0 aromatic heterocycles. The van der Waals surface area contributed by atoms with Gasteiger partial charge in [0.1, 0.15) is 0 Å². The Kier molecular flexibility index (Phi) is 9.34. The van der Waals surface area contributed by atoms with Crippen molar-refractivity contribution in [2.75, 3.05) is 0 Å². The van der Waals surface area contributed by atoms with Gasteiger partial charge in [-0.3, -0.25) is 30.2 Å². The Hall–Kier alpha value is -5.15. The third kappa shape index (κ3) is 7.09. The van der Waals surface area contributed by atoms with Gasteiger partial charge in [-0.15, -0.1) is 17.1 Å². The van der Waals surface area contributed by atoms with Crippen LogP contribution in [0, 0.1) is 20.2 Å². The molecule has 11 heteroatoms. The molecule has 206 valence electrons. The predicted molar refractivity (Wildman–Crippen MR) is 157 cm³/mol. The van der Waals surface area contributed by atoms with Crippen LogP contribution in [0.25, 0.3) is 16.3 Å². The molecule has 0 saturated heterocycles. The Balaban J connectivity index is 0.00000387. The first-order valence-electron chi connectivity index (χ1n) is 12.3.